The van der Waals surface area contributed by atoms with Gasteiger partial charge in [-0.1, -0.05) is 23.2 Å². The van der Waals surface area contributed by atoms with Crippen LogP contribution in [0.3, 0.4) is 0 Å². The van der Waals surface area contributed by atoms with Gasteiger partial charge in [-0.05, 0) is 31.7 Å². The van der Waals surface area contributed by atoms with E-state index in [0.717, 1.165) is 44.2 Å². The molecule has 1 N–H and O–H groups in total. The molecular formula is C20H21Cl2F3N6O. The molecule has 7 nitrogen and oxygen atoms in total. The second kappa shape index (κ2) is 9.27. The van der Waals surface area contributed by atoms with Gasteiger partial charge in [-0.15, -0.1) is 0 Å². The molecule has 2 saturated heterocycles. The minimum atomic E-state index is -4.53. The van der Waals surface area contributed by atoms with Crippen LogP contribution < -0.4 is 10.2 Å². The van der Waals surface area contributed by atoms with Crippen LogP contribution in [-0.2, 0) is 11.0 Å². The molecule has 2 fully saturated rings. The van der Waals surface area contributed by atoms with Gasteiger partial charge >= 0.3 is 6.18 Å². The number of hydrogen-bond acceptors (Lipinski definition) is 6. The highest BCUT2D eigenvalue weighted by atomic mass is 35.5. The molecule has 0 aliphatic carbocycles. The van der Waals surface area contributed by atoms with Crippen LogP contribution in [0, 0.1) is 0 Å². The lowest BCUT2D eigenvalue weighted by atomic mass is 9.97. The monoisotopic (exact) mass is 488 g/mol. The molecule has 0 unspecified atom stereocenters. The molecule has 0 saturated carbocycles. The molecule has 4 rings (SSSR count). The van der Waals surface area contributed by atoms with Crippen molar-refractivity contribution in [3.63, 3.8) is 0 Å². The average molecular weight is 489 g/mol. The van der Waals surface area contributed by atoms with Crippen LogP contribution in [0.4, 0.5) is 24.8 Å². The number of alkyl halides is 3. The molecule has 12 heteroatoms. The van der Waals surface area contributed by atoms with Gasteiger partial charge in [0.2, 0.25) is 5.91 Å². The Hall–Kier alpha value is -2.33. The number of halogens is 5. The second-order valence-corrected chi connectivity index (χ2v) is 8.63. The van der Waals surface area contributed by atoms with E-state index < -0.39 is 17.8 Å². The molecular weight excluding hydrogens is 468 g/mol. The van der Waals surface area contributed by atoms with Crippen molar-refractivity contribution in [3.05, 3.63) is 40.4 Å². The summed E-state index contributed by atoms with van der Waals surface area (Å²) in [6.07, 6.45) is 2.24. The summed E-state index contributed by atoms with van der Waals surface area (Å²) in [5.74, 6) is 0.745. The van der Waals surface area contributed by atoms with Gasteiger partial charge in [-0.3, -0.25) is 4.79 Å². The first kappa shape index (κ1) is 22.8. The van der Waals surface area contributed by atoms with E-state index in [9.17, 15) is 18.0 Å². The van der Waals surface area contributed by atoms with E-state index in [2.05, 4.69) is 25.2 Å². The van der Waals surface area contributed by atoms with Crippen LogP contribution >= 0.6 is 23.2 Å². The van der Waals surface area contributed by atoms with E-state index in [1.807, 2.05) is 4.90 Å². The summed E-state index contributed by atoms with van der Waals surface area (Å²) < 4.78 is 38.5. The van der Waals surface area contributed by atoms with Crippen LogP contribution in [0.1, 0.15) is 31.2 Å². The topological polar surface area (TPSA) is 74.2 Å². The zero-order chi connectivity index (χ0) is 22.9. The van der Waals surface area contributed by atoms with Crippen molar-refractivity contribution >= 4 is 40.7 Å². The highest BCUT2D eigenvalue weighted by Crippen LogP contribution is 2.33. The summed E-state index contributed by atoms with van der Waals surface area (Å²) >= 11 is 11.8. The lowest BCUT2D eigenvalue weighted by Gasteiger charge is -2.42. The maximum Gasteiger partial charge on any atom is 0.417 e. The number of carbonyl (C=O) groups excluding carboxylic acids is 1. The Kier molecular flexibility index (Phi) is 6.62. The van der Waals surface area contributed by atoms with Crippen molar-refractivity contribution in [3.8, 4) is 0 Å². The highest BCUT2D eigenvalue weighted by Gasteiger charge is 2.36. The number of carbonyl (C=O) groups is 1. The molecule has 2 aromatic rings. The number of amides is 1. The summed E-state index contributed by atoms with van der Waals surface area (Å²) in [7, 11) is 0. The average Bonchev–Trinajstić information content (AvgIpc) is 2.76. The third-order valence-corrected chi connectivity index (χ3v) is 6.27. The number of pyridine rings is 1. The van der Waals surface area contributed by atoms with Gasteiger partial charge < -0.3 is 15.1 Å². The van der Waals surface area contributed by atoms with Gasteiger partial charge in [0.1, 0.15) is 22.8 Å². The van der Waals surface area contributed by atoms with Crippen LogP contribution in [0.2, 0.25) is 10.2 Å². The molecule has 172 valence electrons. The summed E-state index contributed by atoms with van der Waals surface area (Å²) in [6, 6.07) is 0.322. The summed E-state index contributed by atoms with van der Waals surface area (Å²) in [4.78, 5) is 29.2. The number of anilines is 2. The standard InChI is InChI=1S/C20H21Cl2F3N6O/c21-14-8-12(20(23,24)25)9-28-18(14)29-15-2-1-5-31(19(15)32)13-3-6-30(7-4-13)17-11-26-16(22)10-27-17/h8-11,13,15H,1-7H2,(H,28,29)/t15-/m0/s1. The van der Waals surface area contributed by atoms with Crippen molar-refractivity contribution in [2.75, 3.05) is 29.9 Å². The Bertz CT molecular complexity index is 967. The Morgan fingerprint density at radius 3 is 2.38 bits per heavy atom. The van der Waals surface area contributed by atoms with E-state index in [1.165, 1.54) is 6.20 Å². The number of nitrogens with one attached hydrogen (secondary N) is 1. The molecule has 2 aromatic heterocycles. The fourth-order valence-corrected chi connectivity index (χ4v) is 4.45. The van der Waals surface area contributed by atoms with E-state index in [0.29, 0.717) is 24.3 Å². The Balaban J connectivity index is 1.38. The van der Waals surface area contributed by atoms with E-state index in [1.54, 1.807) is 6.20 Å². The first-order valence-corrected chi connectivity index (χ1v) is 11.0. The van der Waals surface area contributed by atoms with Gasteiger partial charge in [-0.25, -0.2) is 15.0 Å². The molecule has 2 aliphatic heterocycles. The lowest BCUT2D eigenvalue weighted by molar-refractivity contribution is -0.138. The third kappa shape index (κ3) is 5.01. The van der Waals surface area contributed by atoms with Crippen molar-refractivity contribution in [2.45, 2.75) is 43.9 Å². The minimum Gasteiger partial charge on any atom is -0.357 e. The number of piperidine rings is 2. The summed E-state index contributed by atoms with van der Waals surface area (Å²) in [5.41, 5.74) is -0.929. The zero-order valence-electron chi connectivity index (χ0n) is 16.9. The molecule has 1 atom stereocenters. The summed E-state index contributed by atoms with van der Waals surface area (Å²) in [5, 5.41) is 3.12. The predicted octanol–water partition coefficient (Wildman–Crippen LogP) is 4.27. The van der Waals surface area contributed by atoms with Gasteiger partial charge in [-0.2, -0.15) is 13.2 Å². The van der Waals surface area contributed by atoms with Crippen molar-refractivity contribution < 1.29 is 18.0 Å². The smallest absolute Gasteiger partial charge is 0.357 e. The lowest BCUT2D eigenvalue weighted by Crippen LogP contribution is -2.54. The Labute approximate surface area is 192 Å². The van der Waals surface area contributed by atoms with E-state index in [-0.39, 0.29) is 22.8 Å². The number of rotatable bonds is 4. The van der Waals surface area contributed by atoms with E-state index >= 15 is 0 Å². The SMILES string of the molecule is O=C1[C@@H](Nc2ncc(C(F)(F)F)cc2Cl)CCCN1C1CCN(c2cnc(Cl)cn2)CC1. The number of likely N-dealkylation sites (tertiary alicyclic amines) is 1. The second-order valence-electron chi connectivity index (χ2n) is 7.84. The van der Waals surface area contributed by atoms with Gasteiger partial charge in [0, 0.05) is 31.9 Å². The first-order chi connectivity index (χ1) is 15.2. The molecule has 2 aliphatic rings. The molecule has 0 spiro atoms. The van der Waals surface area contributed by atoms with Gasteiger partial charge in [0.25, 0.3) is 0 Å². The fourth-order valence-electron chi connectivity index (χ4n) is 4.14. The van der Waals surface area contributed by atoms with Crippen molar-refractivity contribution in [2.24, 2.45) is 0 Å². The number of nitrogens with zero attached hydrogens (tertiary/aromatic N) is 5. The van der Waals surface area contributed by atoms with Gasteiger partial charge in [0.15, 0.2) is 0 Å². The molecule has 0 radical (unpaired) electrons. The number of hydrogen-bond donors (Lipinski definition) is 1. The third-order valence-electron chi connectivity index (χ3n) is 5.79. The maximum absolute atomic E-state index is 13.1. The molecule has 1 amide bonds. The zero-order valence-corrected chi connectivity index (χ0v) is 18.5. The number of aromatic nitrogens is 3. The Morgan fingerprint density at radius 2 is 1.75 bits per heavy atom. The first-order valence-electron chi connectivity index (χ1n) is 10.2. The van der Waals surface area contributed by atoms with Crippen LogP contribution in [-0.4, -0.2) is 57.5 Å². The Morgan fingerprint density at radius 1 is 1.00 bits per heavy atom. The molecule has 32 heavy (non-hydrogen) atoms. The summed E-state index contributed by atoms with van der Waals surface area (Å²) in [6.45, 7) is 2.11. The van der Waals surface area contributed by atoms with Gasteiger partial charge in [0.05, 0.1) is 23.0 Å². The molecule has 4 heterocycles. The molecule has 0 aromatic carbocycles. The minimum absolute atomic E-state index is 0.0796. The van der Waals surface area contributed by atoms with Crippen LogP contribution in [0.15, 0.2) is 24.7 Å². The normalized spacial score (nSPS) is 20.5. The largest absolute Gasteiger partial charge is 0.417 e. The maximum atomic E-state index is 13.1. The highest BCUT2D eigenvalue weighted by molar-refractivity contribution is 6.33. The predicted molar refractivity (Wildman–Crippen MR) is 115 cm³/mol. The fraction of sp³-hybridized carbons (Fsp3) is 0.500. The van der Waals surface area contributed by atoms with E-state index in [4.69, 9.17) is 23.2 Å². The molecule has 0 bridgehead atoms. The van der Waals surface area contributed by atoms with Crippen molar-refractivity contribution in [1.82, 2.24) is 19.9 Å². The quantitative estimate of drug-likeness (QED) is 0.692. The van der Waals surface area contributed by atoms with Crippen molar-refractivity contribution in [1.29, 1.82) is 0 Å². The van der Waals surface area contributed by atoms with Crippen LogP contribution in [0.25, 0.3) is 0 Å². The van der Waals surface area contributed by atoms with Crippen LogP contribution in [0.5, 0.6) is 0 Å².